The molecule has 2 rings (SSSR count). The van der Waals surface area contributed by atoms with E-state index in [1.165, 1.54) is 23.1 Å². The van der Waals surface area contributed by atoms with E-state index in [9.17, 15) is 4.79 Å². The maximum Gasteiger partial charge on any atom is 0.235 e. The molecule has 138 valence electrons. The van der Waals surface area contributed by atoms with Crippen LogP contribution < -0.4 is 10.6 Å². The smallest absolute Gasteiger partial charge is 0.235 e. The van der Waals surface area contributed by atoms with E-state index in [1.54, 1.807) is 11.8 Å². The number of nitrogens with one attached hydrogen (secondary N) is 2. The van der Waals surface area contributed by atoms with Gasteiger partial charge in [-0.1, -0.05) is 43.9 Å². The van der Waals surface area contributed by atoms with Crippen LogP contribution in [0.1, 0.15) is 26.5 Å². The lowest BCUT2D eigenvalue weighted by Crippen LogP contribution is -2.16. The van der Waals surface area contributed by atoms with Gasteiger partial charge in [0.2, 0.25) is 11.0 Å². The molecule has 0 aliphatic rings. The van der Waals surface area contributed by atoms with Crippen LogP contribution in [0.2, 0.25) is 0 Å². The van der Waals surface area contributed by atoms with Crippen molar-refractivity contribution in [1.82, 2.24) is 20.0 Å². The maximum absolute atomic E-state index is 12.2. The molecule has 10 heteroatoms. The van der Waals surface area contributed by atoms with Crippen LogP contribution in [0, 0.1) is 0 Å². The Balaban J connectivity index is 1.84. The Morgan fingerprint density at radius 1 is 1.40 bits per heavy atom. The molecular weight excluding hydrogens is 360 g/mol. The van der Waals surface area contributed by atoms with Gasteiger partial charge >= 0.3 is 0 Å². The van der Waals surface area contributed by atoms with E-state index in [-0.39, 0.29) is 17.1 Å². The van der Waals surface area contributed by atoms with E-state index >= 15 is 0 Å². The van der Waals surface area contributed by atoms with Crippen LogP contribution in [0.15, 0.2) is 10.4 Å². The molecule has 0 spiro atoms. The van der Waals surface area contributed by atoms with Crippen molar-refractivity contribution < 1.29 is 9.53 Å². The molecule has 0 aliphatic heterocycles. The van der Waals surface area contributed by atoms with Gasteiger partial charge in [0.25, 0.3) is 0 Å². The maximum atomic E-state index is 12.2. The largest absolute Gasteiger partial charge is 0.383 e. The third kappa shape index (κ3) is 5.98. The summed E-state index contributed by atoms with van der Waals surface area (Å²) in [6.07, 6.45) is 0. The zero-order valence-corrected chi connectivity index (χ0v) is 16.8. The van der Waals surface area contributed by atoms with Gasteiger partial charge in [-0.2, -0.15) is 5.10 Å². The Morgan fingerprint density at radius 2 is 2.16 bits per heavy atom. The Morgan fingerprint density at radius 3 is 2.80 bits per heavy atom. The van der Waals surface area contributed by atoms with Crippen LogP contribution in [-0.4, -0.2) is 51.9 Å². The van der Waals surface area contributed by atoms with Crippen LogP contribution in [0.25, 0.3) is 0 Å². The molecule has 0 aliphatic carbocycles. The molecule has 0 atom stereocenters. The summed E-state index contributed by atoms with van der Waals surface area (Å²) in [6.45, 7) is 7.54. The van der Waals surface area contributed by atoms with Crippen molar-refractivity contribution in [2.45, 2.75) is 30.5 Å². The van der Waals surface area contributed by atoms with E-state index < -0.39 is 0 Å². The molecule has 0 aromatic carbocycles. The van der Waals surface area contributed by atoms with Gasteiger partial charge in [-0.25, -0.2) is 0 Å². The molecule has 2 N–H and O–H groups in total. The Kier molecular flexibility index (Phi) is 6.79. The quantitative estimate of drug-likeness (QED) is 0.533. The second kappa shape index (κ2) is 8.63. The summed E-state index contributed by atoms with van der Waals surface area (Å²) in [7, 11) is 3.47. The number of carbonyl (C=O) groups is 1. The molecule has 0 bridgehead atoms. The first kappa shape index (κ1) is 19.7. The number of hydrogen-bond donors (Lipinski definition) is 2. The first-order chi connectivity index (χ1) is 11.8. The Bertz CT molecular complexity index is 707. The van der Waals surface area contributed by atoms with Crippen LogP contribution in [0.3, 0.4) is 0 Å². The van der Waals surface area contributed by atoms with Crippen molar-refractivity contribution in [2.75, 3.05) is 36.6 Å². The molecule has 25 heavy (non-hydrogen) atoms. The van der Waals surface area contributed by atoms with Crippen LogP contribution in [0.5, 0.6) is 0 Å². The van der Waals surface area contributed by atoms with Crippen LogP contribution >= 0.6 is 23.1 Å². The number of thioether (sulfide) groups is 1. The fourth-order valence-corrected chi connectivity index (χ4v) is 3.43. The van der Waals surface area contributed by atoms with Crippen molar-refractivity contribution in [3.05, 3.63) is 11.8 Å². The first-order valence-electron chi connectivity index (χ1n) is 7.83. The molecule has 2 heterocycles. The lowest BCUT2D eigenvalue weighted by molar-refractivity contribution is -0.113. The molecule has 0 radical (unpaired) electrons. The summed E-state index contributed by atoms with van der Waals surface area (Å²) in [5, 5.41) is 19.3. The Hall–Kier alpha value is -1.65. The average Bonchev–Trinajstić information content (AvgIpc) is 3.13. The minimum absolute atomic E-state index is 0.0612. The molecule has 0 saturated heterocycles. The highest BCUT2D eigenvalue weighted by molar-refractivity contribution is 8.01. The highest BCUT2D eigenvalue weighted by Gasteiger charge is 2.19. The number of nitrogens with zero attached hydrogens (tertiary/aromatic N) is 4. The lowest BCUT2D eigenvalue weighted by atomic mass is 9.92. The minimum Gasteiger partial charge on any atom is -0.383 e. The number of rotatable bonds is 8. The number of hydrogen-bond acceptors (Lipinski definition) is 8. The highest BCUT2D eigenvalue weighted by Crippen LogP contribution is 2.26. The summed E-state index contributed by atoms with van der Waals surface area (Å²) in [5.74, 6) is 0.857. The van der Waals surface area contributed by atoms with Crippen molar-refractivity contribution >= 4 is 40.0 Å². The van der Waals surface area contributed by atoms with Crippen LogP contribution in [-0.2, 0) is 22.0 Å². The number of methoxy groups -OCH3 is 1. The van der Waals surface area contributed by atoms with Crippen LogP contribution in [0.4, 0.5) is 10.9 Å². The van der Waals surface area contributed by atoms with Gasteiger partial charge in [0.15, 0.2) is 4.34 Å². The zero-order chi connectivity index (χ0) is 18.4. The van der Waals surface area contributed by atoms with E-state index in [0.717, 1.165) is 15.2 Å². The normalized spacial score (nSPS) is 11.6. The molecule has 0 saturated carbocycles. The molecule has 2 aromatic heterocycles. The summed E-state index contributed by atoms with van der Waals surface area (Å²) < 4.78 is 7.40. The van der Waals surface area contributed by atoms with E-state index in [0.29, 0.717) is 19.0 Å². The minimum atomic E-state index is -0.0995. The van der Waals surface area contributed by atoms with Crippen molar-refractivity contribution in [2.24, 2.45) is 7.05 Å². The van der Waals surface area contributed by atoms with E-state index in [4.69, 9.17) is 4.74 Å². The number of aromatic nitrogens is 4. The number of aryl methyl sites for hydroxylation is 1. The molecular formula is C15H24N6O2S2. The Labute approximate surface area is 155 Å². The van der Waals surface area contributed by atoms with Gasteiger partial charge in [0.05, 0.1) is 18.1 Å². The van der Waals surface area contributed by atoms with E-state index in [2.05, 4.69) is 46.7 Å². The predicted octanol–water partition coefficient (Wildman–Crippen LogP) is 2.36. The van der Waals surface area contributed by atoms with Crippen molar-refractivity contribution in [1.29, 1.82) is 0 Å². The standard InChI is InChI=1S/C15H24N6O2S2/c1-15(2,3)10-8-11(21(4)20-10)17-12(22)9-24-14-19-18-13(25-14)16-6-7-23-5/h8H,6-7,9H2,1-5H3,(H,16,18)(H,17,22). The highest BCUT2D eigenvalue weighted by atomic mass is 32.2. The van der Waals surface area contributed by atoms with Gasteiger partial charge in [-0.3, -0.25) is 9.48 Å². The van der Waals surface area contributed by atoms with Gasteiger partial charge in [0, 0.05) is 32.2 Å². The van der Waals surface area contributed by atoms with E-state index in [1.807, 2.05) is 13.1 Å². The predicted molar refractivity (Wildman–Crippen MR) is 102 cm³/mol. The molecule has 0 unspecified atom stereocenters. The molecule has 0 fully saturated rings. The summed E-state index contributed by atoms with van der Waals surface area (Å²) >= 11 is 2.78. The third-order valence-corrected chi connectivity index (χ3v) is 5.25. The van der Waals surface area contributed by atoms with Crippen molar-refractivity contribution in [3.8, 4) is 0 Å². The fourth-order valence-electron chi connectivity index (χ4n) is 1.86. The number of carbonyl (C=O) groups excluding carboxylic acids is 1. The van der Waals surface area contributed by atoms with Crippen molar-refractivity contribution in [3.63, 3.8) is 0 Å². The monoisotopic (exact) mass is 384 g/mol. The fraction of sp³-hybridized carbons (Fsp3) is 0.600. The first-order valence-corrected chi connectivity index (χ1v) is 9.63. The van der Waals surface area contributed by atoms with Gasteiger partial charge in [0.1, 0.15) is 5.82 Å². The topological polar surface area (TPSA) is 94.0 Å². The van der Waals surface area contributed by atoms with Gasteiger partial charge in [-0.15, -0.1) is 10.2 Å². The lowest BCUT2D eigenvalue weighted by Gasteiger charge is -2.13. The number of amides is 1. The molecule has 2 aromatic rings. The second-order valence-electron chi connectivity index (χ2n) is 6.42. The summed E-state index contributed by atoms with van der Waals surface area (Å²) in [4.78, 5) is 12.2. The summed E-state index contributed by atoms with van der Waals surface area (Å²) in [6, 6.07) is 1.91. The molecule has 8 nitrogen and oxygen atoms in total. The van der Waals surface area contributed by atoms with Gasteiger partial charge in [-0.05, 0) is 0 Å². The zero-order valence-electron chi connectivity index (χ0n) is 15.1. The second-order valence-corrected chi connectivity index (χ2v) is 8.62. The third-order valence-electron chi connectivity index (χ3n) is 3.23. The van der Waals surface area contributed by atoms with Gasteiger partial charge < -0.3 is 15.4 Å². The SMILES string of the molecule is COCCNc1nnc(SCC(=O)Nc2cc(C(C)(C)C)nn2C)s1. The molecule has 1 amide bonds. The summed E-state index contributed by atoms with van der Waals surface area (Å²) in [5.41, 5.74) is 0.878. The average molecular weight is 385 g/mol. The number of ether oxygens (including phenoxy) is 1. The number of anilines is 2.